The molecule has 0 aliphatic heterocycles. The van der Waals surface area contributed by atoms with E-state index >= 15 is 0 Å². The smallest absolute Gasteiger partial charge is 0.0713 e. The predicted octanol–water partition coefficient (Wildman–Crippen LogP) is 9.77. The van der Waals surface area contributed by atoms with Gasteiger partial charge in [-0.2, -0.15) is 0 Å². The lowest BCUT2D eigenvalue weighted by molar-refractivity contribution is 0.185. The van der Waals surface area contributed by atoms with Gasteiger partial charge < -0.3 is 30.4 Å². The second-order valence-electron chi connectivity index (χ2n) is 12.4. The molecule has 0 radical (unpaired) electrons. The Labute approximate surface area is 295 Å². The third kappa shape index (κ3) is 7.34. The van der Waals surface area contributed by atoms with E-state index in [1.807, 2.05) is 12.1 Å². The highest BCUT2D eigenvalue weighted by Gasteiger charge is 2.27. The molecule has 0 fully saturated rings. The van der Waals surface area contributed by atoms with Crippen molar-refractivity contribution in [2.45, 2.75) is 26.4 Å². The predicted molar refractivity (Wildman–Crippen MR) is 205 cm³/mol. The number of rotatable bonds is 13. The van der Waals surface area contributed by atoms with Gasteiger partial charge in [-0.15, -0.1) is 0 Å². The van der Waals surface area contributed by atoms with Gasteiger partial charge in [0.05, 0.1) is 26.4 Å². The molecule has 50 heavy (non-hydrogen) atoms. The van der Waals surface area contributed by atoms with Crippen LogP contribution in [0.1, 0.15) is 22.3 Å². The van der Waals surface area contributed by atoms with Crippen LogP contribution in [0.4, 0.5) is 11.4 Å². The minimum Gasteiger partial charge on any atom is -0.399 e. The Morgan fingerprint density at radius 3 is 0.800 bits per heavy atom. The second-order valence-corrected chi connectivity index (χ2v) is 12.4. The third-order valence-corrected chi connectivity index (χ3v) is 8.95. The van der Waals surface area contributed by atoms with Crippen LogP contribution >= 0.6 is 0 Å². The molecule has 0 atom stereocenters. The minimum absolute atomic E-state index is 0.525. The lowest BCUT2D eigenvalue weighted by Crippen LogP contribution is -2.04. The molecule has 4 N–H and O–H groups in total. The maximum absolute atomic E-state index is 7.53. The normalized spacial score (nSPS) is 11.2. The van der Waals surface area contributed by atoms with Gasteiger partial charge in [-0.05, 0) is 67.8 Å². The molecule has 6 aromatic rings. The van der Waals surface area contributed by atoms with E-state index in [4.69, 9.17) is 30.4 Å². The molecule has 0 spiro atoms. The Kier molecular flexibility index (Phi) is 11.1. The molecule has 0 heterocycles. The lowest BCUT2D eigenvalue weighted by Gasteiger charge is -2.27. The summed E-state index contributed by atoms with van der Waals surface area (Å²) in [6.07, 6.45) is 0. The van der Waals surface area contributed by atoms with Gasteiger partial charge in [0, 0.05) is 62.1 Å². The summed E-state index contributed by atoms with van der Waals surface area (Å²) in [5.41, 5.74) is 29.7. The van der Waals surface area contributed by atoms with Gasteiger partial charge >= 0.3 is 0 Å². The molecule has 0 aliphatic rings. The molecular weight excluding hydrogens is 620 g/mol. The first-order valence-electron chi connectivity index (χ1n) is 16.6. The van der Waals surface area contributed by atoms with Crippen molar-refractivity contribution in [3.63, 3.8) is 0 Å². The Balaban J connectivity index is 1.78. The largest absolute Gasteiger partial charge is 0.399 e. The zero-order valence-electron chi connectivity index (χ0n) is 29.2. The monoisotopic (exact) mass is 664 g/mol. The zero-order valence-corrected chi connectivity index (χ0v) is 29.2. The minimum atomic E-state index is 0.525. The average Bonchev–Trinajstić information content (AvgIpc) is 3.14. The SMILES string of the molecule is COCc1ccc(-c2c(N)c(-c3ccc(COC)cc3)c(-c3ccc(COC)cc3)c(-c3ccc(N)cc3)c2-c2ccc(COC)cc2)cc1. The molecule has 0 unspecified atom stereocenters. The Hall–Kier alpha value is -5.24. The summed E-state index contributed by atoms with van der Waals surface area (Å²) < 4.78 is 21.8. The van der Waals surface area contributed by atoms with E-state index < -0.39 is 0 Å². The summed E-state index contributed by atoms with van der Waals surface area (Å²) in [6, 6.07) is 42.2. The van der Waals surface area contributed by atoms with Crippen LogP contribution in [-0.2, 0) is 45.4 Å². The van der Waals surface area contributed by atoms with Crippen molar-refractivity contribution in [1.82, 2.24) is 0 Å². The van der Waals surface area contributed by atoms with Gasteiger partial charge in [-0.25, -0.2) is 0 Å². The standard InChI is InChI=1S/C44H44N2O4/c1-47-25-29-5-13-33(14-6-29)40-39(35-21-23-38(45)24-22-35)41(34-15-7-30(8-16-34)26-48-2)43(37-19-11-32(12-20-37)28-50-4)44(46)42(40)36-17-9-31(10-18-36)27-49-3/h5-24H,25-28,45-46H2,1-4H3. The van der Waals surface area contributed by atoms with Gasteiger partial charge in [0.2, 0.25) is 0 Å². The fraction of sp³-hybridized carbons (Fsp3) is 0.182. The molecule has 0 bridgehead atoms. The number of nitrogens with two attached hydrogens (primary N) is 2. The van der Waals surface area contributed by atoms with E-state index in [0.29, 0.717) is 37.8 Å². The Morgan fingerprint density at radius 2 is 0.540 bits per heavy atom. The Bertz CT molecular complexity index is 1900. The van der Waals surface area contributed by atoms with Crippen molar-refractivity contribution in [2.75, 3.05) is 39.9 Å². The summed E-state index contributed by atoms with van der Waals surface area (Å²) in [5.74, 6) is 0. The number of hydrogen-bond acceptors (Lipinski definition) is 6. The number of ether oxygens (including phenoxy) is 4. The fourth-order valence-electron chi connectivity index (χ4n) is 6.62. The first-order valence-corrected chi connectivity index (χ1v) is 16.6. The molecule has 6 aromatic carbocycles. The molecular formula is C44H44N2O4. The van der Waals surface area contributed by atoms with Crippen LogP contribution in [0.5, 0.6) is 0 Å². The van der Waals surface area contributed by atoms with E-state index in [2.05, 4.69) is 109 Å². The Morgan fingerprint density at radius 1 is 0.320 bits per heavy atom. The van der Waals surface area contributed by atoms with Crippen LogP contribution in [0.15, 0.2) is 121 Å². The summed E-state index contributed by atoms with van der Waals surface area (Å²) in [7, 11) is 6.84. The molecule has 0 amide bonds. The lowest BCUT2D eigenvalue weighted by atomic mass is 9.77. The first-order chi connectivity index (χ1) is 24.4. The topological polar surface area (TPSA) is 89.0 Å². The van der Waals surface area contributed by atoms with E-state index in [9.17, 15) is 0 Å². The van der Waals surface area contributed by atoms with Crippen molar-refractivity contribution in [3.8, 4) is 55.6 Å². The van der Waals surface area contributed by atoms with Crippen molar-refractivity contribution in [2.24, 2.45) is 0 Å². The van der Waals surface area contributed by atoms with Crippen LogP contribution < -0.4 is 11.5 Å². The van der Waals surface area contributed by atoms with Crippen LogP contribution in [-0.4, -0.2) is 28.4 Å². The van der Waals surface area contributed by atoms with Crippen molar-refractivity contribution in [3.05, 3.63) is 144 Å². The summed E-state index contributed by atoms with van der Waals surface area (Å²) in [6.45, 7) is 2.10. The molecule has 0 saturated carbocycles. The number of nitrogen functional groups attached to an aromatic ring is 2. The number of hydrogen-bond donors (Lipinski definition) is 2. The van der Waals surface area contributed by atoms with Crippen molar-refractivity contribution in [1.29, 1.82) is 0 Å². The van der Waals surface area contributed by atoms with Gasteiger partial charge in [-0.3, -0.25) is 0 Å². The van der Waals surface area contributed by atoms with Gasteiger partial charge in [0.1, 0.15) is 0 Å². The van der Waals surface area contributed by atoms with Gasteiger partial charge in [0.25, 0.3) is 0 Å². The zero-order chi connectivity index (χ0) is 35.0. The van der Waals surface area contributed by atoms with Crippen LogP contribution in [0.25, 0.3) is 55.6 Å². The highest BCUT2D eigenvalue weighted by molar-refractivity contribution is 6.13. The number of methoxy groups -OCH3 is 4. The summed E-state index contributed by atoms with van der Waals surface area (Å²) in [4.78, 5) is 0. The van der Waals surface area contributed by atoms with Crippen LogP contribution in [0.3, 0.4) is 0 Å². The van der Waals surface area contributed by atoms with Crippen molar-refractivity contribution >= 4 is 11.4 Å². The van der Waals surface area contributed by atoms with E-state index in [0.717, 1.165) is 77.9 Å². The maximum atomic E-state index is 7.53. The van der Waals surface area contributed by atoms with Gasteiger partial charge in [-0.1, -0.05) is 109 Å². The van der Waals surface area contributed by atoms with Crippen LogP contribution in [0, 0.1) is 0 Å². The second kappa shape index (κ2) is 16.0. The molecule has 254 valence electrons. The third-order valence-electron chi connectivity index (χ3n) is 8.95. The number of anilines is 2. The van der Waals surface area contributed by atoms with E-state index in [-0.39, 0.29) is 0 Å². The fourth-order valence-corrected chi connectivity index (χ4v) is 6.62. The van der Waals surface area contributed by atoms with E-state index in [1.165, 1.54) is 0 Å². The van der Waals surface area contributed by atoms with E-state index in [1.54, 1.807) is 28.4 Å². The maximum Gasteiger partial charge on any atom is 0.0713 e. The highest BCUT2D eigenvalue weighted by atomic mass is 16.5. The molecule has 6 heteroatoms. The summed E-state index contributed by atoms with van der Waals surface area (Å²) >= 11 is 0. The van der Waals surface area contributed by atoms with Gasteiger partial charge in [0.15, 0.2) is 0 Å². The first kappa shape index (κ1) is 34.6. The summed E-state index contributed by atoms with van der Waals surface area (Å²) in [5, 5.41) is 0. The average molecular weight is 665 g/mol. The van der Waals surface area contributed by atoms with Crippen molar-refractivity contribution < 1.29 is 18.9 Å². The number of benzene rings is 6. The molecule has 6 nitrogen and oxygen atoms in total. The molecule has 0 aromatic heterocycles. The molecule has 6 rings (SSSR count). The highest BCUT2D eigenvalue weighted by Crippen LogP contribution is 2.54. The quantitative estimate of drug-likeness (QED) is 0.120. The molecule has 0 saturated heterocycles. The molecule has 0 aliphatic carbocycles. The van der Waals surface area contributed by atoms with Crippen LogP contribution in [0.2, 0.25) is 0 Å².